The van der Waals surface area contributed by atoms with Gasteiger partial charge in [-0.2, -0.15) is 0 Å². The summed E-state index contributed by atoms with van der Waals surface area (Å²) in [7, 11) is 0. The highest BCUT2D eigenvalue weighted by Crippen LogP contribution is 2.36. The fourth-order valence-electron chi connectivity index (χ4n) is 3.18. The molecule has 20 heavy (non-hydrogen) atoms. The van der Waals surface area contributed by atoms with Crippen LogP contribution >= 0.6 is 0 Å². The van der Waals surface area contributed by atoms with Crippen molar-refractivity contribution in [3.8, 4) is 5.75 Å². The second-order valence-electron chi connectivity index (χ2n) is 5.44. The van der Waals surface area contributed by atoms with Gasteiger partial charge in [0.1, 0.15) is 5.75 Å². The molecule has 102 valence electrons. The molecule has 0 saturated carbocycles. The number of fused-ring (bicyclic) bond motifs is 2. The van der Waals surface area contributed by atoms with Gasteiger partial charge in [0, 0.05) is 31.1 Å². The molecule has 1 N–H and O–H groups in total. The van der Waals surface area contributed by atoms with Crippen LogP contribution < -0.4 is 15.0 Å². The molecule has 2 aromatic carbocycles. The summed E-state index contributed by atoms with van der Waals surface area (Å²) in [6, 6.07) is 17.0. The minimum Gasteiger partial charge on any atom is -0.493 e. The standard InChI is InChI=1S/C17H18N2O/c1-4-8-17-14(5-1)13(12-20-17)11-19-10-9-18-15-6-2-3-7-16(15)19/h1-8,13,18H,9-12H2. The van der Waals surface area contributed by atoms with Gasteiger partial charge in [-0.05, 0) is 18.2 Å². The molecule has 0 fully saturated rings. The second kappa shape index (κ2) is 4.75. The van der Waals surface area contributed by atoms with E-state index in [1.165, 1.54) is 16.9 Å². The van der Waals surface area contributed by atoms with Crippen molar-refractivity contribution in [1.82, 2.24) is 0 Å². The van der Waals surface area contributed by atoms with Crippen molar-refractivity contribution in [3.63, 3.8) is 0 Å². The summed E-state index contributed by atoms with van der Waals surface area (Å²) in [5, 5.41) is 3.46. The van der Waals surface area contributed by atoms with Crippen LogP contribution in [-0.4, -0.2) is 26.2 Å². The highest BCUT2D eigenvalue weighted by Gasteiger charge is 2.27. The largest absolute Gasteiger partial charge is 0.493 e. The fourth-order valence-corrected chi connectivity index (χ4v) is 3.18. The van der Waals surface area contributed by atoms with Gasteiger partial charge in [0.05, 0.1) is 18.0 Å². The van der Waals surface area contributed by atoms with Crippen LogP contribution in [-0.2, 0) is 0 Å². The summed E-state index contributed by atoms with van der Waals surface area (Å²) >= 11 is 0. The molecule has 1 unspecified atom stereocenters. The minimum atomic E-state index is 0.470. The van der Waals surface area contributed by atoms with Crippen molar-refractivity contribution < 1.29 is 4.74 Å². The molecular weight excluding hydrogens is 248 g/mol. The van der Waals surface area contributed by atoms with Gasteiger partial charge in [-0.1, -0.05) is 30.3 Å². The highest BCUT2D eigenvalue weighted by atomic mass is 16.5. The van der Waals surface area contributed by atoms with Crippen molar-refractivity contribution in [1.29, 1.82) is 0 Å². The van der Waals surface area contributed by atoms with E-state index in [0.717, 1.165) is 32.0 Å². The molecule has 0 saturated heterocycles. The number of nitrogens with one attached hydrogen (secondary N) is 1. The lowest BCUT2D eigenvalue weighted by atomic mass is 10.00. The van der Waals surface area contributed by atoms with E-state index in [-0.39, 0.29) is 0 Å². The van der Waals surface area contributed by atoms with Crippen LogP contribution in [0, 0.1) is 0 Å². The van der Waals surface area contributed by atoms with Crippen molar-refractivity contribution in [2.24, 2.45) is 0 Å². The third kappa shape index (κ3) is 1.90. The lowest BCUT2D eigenvalue weighted by Gasteiger charge is -2.33. The number of hydrogen-bond acceptors (Lipinski definition) is 3. The SMILES string of the molecule is c1ccc2c(c1)NCCN2CC1COc2ccccc21. The van der Waals surface area contributed by atoms with Crippen LogP contribution in [0.2, 0.25) is 0 Å². The van der Waals surface area contributed by atoms with Gasteiger partial charge in [0.15, 0.2) is 0 Å². The third-order valence-corrected chi connectivity index (χ3v) is 4.18. The molecule has 0 aromatic heterocycles. The van der Waals surface area contributed by atoms with E-state index in [0.29, 0.717) is 5.92 Å². The van der Waals surface area contributed by atoms with E-state index in [9.17, 15) is 0 Å². The zero-order valence-corrected chi connectivity index (χ0v) is 11.4. The molecule has 0 aliphatic carbocycles. The Kier molecular flexibility index (Phi) is 2.76. The Balaban J connectivity index is 1.59. The summed E-state index contributed by atoms with van der Waals surface area (Å²) in [4.78, 5) is 2.47. The maximum Gasteiger partial charge on any atom is 0.122 e. The van der Waals surface area contributed by atoms with E-state index in [4.69, 9.17) is 4.74 Å². The van der Waals surface area contributed by atoms with Gasteiger partial charge in [-0.15, -0.1) is 0 Å². The topological polar surface area (TPSA) is 24.5 Å². The lowest BCUT2D eigenvalue weighted by Crippen LogP contribution is -2.37. The molecule has 0 spiro atoms. The molecule has 2 aromatic rings. The van der Waals surface area contributed by atoms with Crippen molar-refractivity contribution in [3.05, 3.63) is 54.1 Å². The Labute approximate surface area is 119 Å². The lowest BCUT2D eigenvalue weighted by molar-refractivity contribution is 0.331. The van der Waals surface area contributed by atoms with Crippen LogP contribution in [0.5, 0.6) is 5.75 Å². The molecule has 0 radical (unpaired) electrons. The van der Waals surface area contributed by atoms with Gasteiger partial charge < -0.3 is 15.0 Å². The second-order valence-corrected chi connectivity index (χ2v) is 5.44. The fraction of sp³-hybridized carbons (Fsp3) is 0.294. The Morgan fingerprint density at radius 3 is 2.95 bits per heavy atom. The Bertz CT molecular complexity index is 626. The van der Waals surface area contributed by atoms with Crippen LogP contribution in [0.1, 0.15) is 11.5 Å². The molecule has 4 rings (SSSR count). The van der Waals surface area contributed by atoms with E-state index in [2.05, 4.69) is 52.7 Å². The van der Waals surface area contributed by atoms with E-state index in [1.807, 2.05) is 6.07 Å². The van der Waals surface area contributed by atoms with E-state index < -0.39 is 0 Å². The molecule has 2 heterocycles. The van der Waals surface area contributed by atoms with Gasteiger partial charge in [-0.25, -0.2) is 0 Å². The van der Waals surface area contributed by atoms with Gasteiger partial charge in [0.25, 0.3) is 0 Å². The molecule has 3 heteroatoms. The average molecular weight is 266 g/mol. The van der Waals surface area contributed by atoms with Crippen LogP contribution in [0.25, 0.3) is 0 Å². The first-order valence-electron chi connectivity index (χ1n) is 7.21. The molecule has 2 aliphatic rings. The number of anilines is 2. The number of para-hydroxylation sites is 3. The number of rotatable bonds is 2. The smallest absolute Gasteiger partial charge is 0.122 e. The summed E-state index contributed by atoms with van der Waals surface area (Å²) in [6.45, 7) is 3.88. The quantitative estimate of drug-likeness (QED) is 0.904. The molecule has 2 aliphatic heterocycles. The third-order valence-electron chi connectivity index (χ3n) is 4.18. The van der Waals surface area contributed by atoms with Gasteiger partial charge in [-0.3, -0.25) is 0 Å². The Hall–Kier alpha value is -2.16. The predicted octanol–water partition coefficient (Wildman–Crippen LogP) is 3.09. The van der Waals surface area contributed by atoms with Crippen molar-refractivity contribution >= 4 is 11.4 Å². The first kappa shape index (κ1) is 11.6. The normalized spacial score (nSPS) is 19.8. The van der Waals surface area contributed by atoms with E-state index in [1.54, 1.807) is 0 Å². The van der Waals surface area contributed by atoms with Crippen molar-refractivity contribution in [2.75, 3.05) is 36.5 Å². The van der Waals surface area contributed by atoms with Crippen LogP contribution in [0.15, 0.2) is 48.5 Å². The van der Waals surface area contributed by atoms with Gasteiger partial charge in [0.2, 0.25) is 0 Å². The number of nitrogens with zero attached hydrogens (tertiary/aromatic N) is 1. The number of benzene rings is 2. The first-order chi connectivity index (χ1) is 9.92. The zero-order chi connectivity index (χ0) is 13.4. The number of ether oxygens (including phenoxy) is 1. The molecule has 0 bridgehead atoms. The zero-order valence-electron chi connectivity index (χ0n) is 11.4. The summed E-state index contributed by atoms with van der Waals surface area (Å²) in [6.07, 6.45) is 0. The first-order valence-corrected chi connectivity index (χ1v) is 7.21. The number of hydrogen-bond donors (Lipinski definition) is 1. The highest BCUT2D eigenvalue weighted by molar-refractivity contribution is 5.72. The minimum absolute atomic E-state index is 0.470. The predicted molar refractivity (Wildman–Crippen MR) is 81.8 cm³/mol. The van der Waals surface area contributed by atoms with Crippen LogP contribution in [0.3, 0.4) is 0 Å². The monoisotopic (exact) mass is 266 g/mol. The van der Waals surface area contributed by atoms with Gasteiger partial charge >= 0.3 is 0 Å². The molecule has 1 atom stereocenters. The average Bonchev–Trinajstić information content (AvgIpc) is 2.91. The Morgan fingerprint density at radius 2 is 1.95 bits per heavy atom. The Morgan fingerprint density at radius 1 is 1.10 bits per heavy atom. The van der Waals surface area contributed by atoms with E-state index >= 15 is 0 Å². The maximum absolute atomic E-state index is 5.80. The van der Waals surface area contributed by atoms with Crippen molar-refractivity contribution in [2.45, 2.75) is 5.92 Å². The molecular formula is C17H18N2O. The molecule has 3 nitrogen and oxygen atoms in total. The molecule has 0 amide bonds. The maximum atomic E-state index is 5.80. The summed E-state index contributed by atoms with van der Waals surface area (Å²) < 4.78 is 5.80. The summed E-state index contributed by atoms with van der Waals surface area (Å²) in [5.41, 5.74) is 3.90. The van der Waals surface area contributed by atoms with Crippen LogP contribution in [0.4, 0.5) is 11.4 Å². The summed E-state index contributed by atoms with van der Waals surface area (Å²) in [5.74, 6) is 1.53.